The van der Waals surface area contributed by atoms with Crippen molar-refractivity contribution < 1.29 is 23.1 Å². The molecule has 0 atom stereocenters. The smallest absolute Gasteiger partial charge is 0.418 e. The molecule has 27 heavy (non-hydrogen) atoms. The van der Waals surface area contributed by atoms with Gasteiger partial charge in [0.05, 0.1) is 21.7 Å². The maximum atomic E-state index is 13.4. The Morgan fingerprint density at radius 2 is 1.96 bits per heavy atom. The average molecular weight is 482 g/mol. The molecular formula is C17H10BrCl2F3N2O2. The van der Waals surface area contributed by atoms with Gasteiger partial charge in [0, 0.05) is 23.0 Å². The van der Waals surface area contributed by atoms with E-state index in [9.17, 15) is 23.1 Å². The summed E-state index contributed by atoms with van der Waals surface area (Å²) in [7, 11) is 1.57. The molecule has 0 saturated carbocycles. The zero-order valence-electron chi connectivity index (χ0n) is 13.5. The lowest BCUT2D eigenvalue weighted by Crippen LogP contribution is -2.06. The van der Waals surface area contributed by atoms with Gasteiger partial charge >= 0.3 is 12.1 Å². The van der Waals surface area contributed by atoms with Gasteiger partial charge in [-0.25, -0.2) is 9.78 Å². The third-order valence-electron chi connectivity index (χ3n) is 4.10. The Hall–Kier alpha value is -1.77. The number of aryl methyl sites for hydroxylation is 1. The summed E-state index contributed by atoms with van der Waals surface area (Å²) in [4.78, 5) is 15.4. The first-order chi connectivity index (χ1) is 12.5. The van der Waals surface area contributed by atoms with Gasteiger partial charge in [0.2, 0.25) is 0 Å². The van der Waals surface area contributed by atoms with Crippen LogP contribution >= 0.6 is 39.1 Å². The van der Waals surface area contributed by atoms with Gasteiger partial charge in [-0.3, -0.25) is 0 Å². The number of hydrogen-bond acceptors (Lipinski definition) is 2. The normalized spacial score (nSPS) is 12.0. The van der Waals surface area contributed by atoms with E-state index in [2.05, 4.69) is 20.9 Å². The van der Waals surface area contributed by atoms with Gasteiger partial charge in [0.1, 0.15) is 11.3 Å². The lowest BCUT2D eigenvalue weighted by molar-refractivity contribution is -0.136. The SMILES string of the molecule is Cn1c(Cc2c(Cl)ccc(C(=O)O)c2Cl)nc2c(C(F)(F)F)cc(Br)cc21. The molecule has 3 rings (SSSR count). The largest absolute Gasteiger partial charge is 0.478 e. The first-order valence-electron chi connectivity index (χ1n) is 7.43. The molecule has 0 aliphatic carbocycles. The second-order valence-electron chi connectivity index (χ2n) is 5.78. The van der Waals surface area contributed by atoms with Gasteiger partial charge in [-0.15, -0.1) is 0 Å². The standard InChI is InChI=1S/C17H10BrCl2F3N2O2/c1-25-12-5-7(18)4-10(17(21,22)23)15(12)24-13(25)6-9-11(19)3-2-8(14(9)20)16(26)27/h2-5H,6H2,1H3,(H,26,27). The van der Waals surface area contributed by atoms with Gasteiger partial charge in [-0.05, 0) is 29.8 Å². The number of rotatable bonds is 3. The van der Waals surface area contributed by atoms with E-state index in [1.165, 1.54) is 22.8 Å². The third kappa shape index (κ3) is 3.66. The predicted octanol–water partition coefficient (Wildman–Crippen LogP) is 5.95. The van der Waals surface area contributed by atoms with Gasteiger partial charge in [-0.1, -0.05) is 39.1 Å². The molecule has 0 amide bonds. The van der Waals surface area contributed by atoms with E-state index >= 15 is 0 Å². The number of nitrogens with zero attached hydrogens (tertiary/aromatic N) is 2. The summed E-state index contributed by atoms with van der Waals surface area (Å²) in [6.07, 6.45) is -4.61. The van der Waals surface area contributed by atoms with Crippen LogP contribution < -0.4 is 0 Å². The molecule has 10 heteroatoms. The van der Waals surface area contributed by atoms with Crippen molar-refractivity contribution in [2.45, 2.75) is 12.6 Å². The van der Waals surface area contributed by atoms with E-state index in [0.717, 1.165) is 6.07 Å². The Kier molecular flexibility index (Phi) is 5.18. The van der Waals surface area contributed by atoms with E-state index in [1.807, 2.05) is 0 Å². The highest BCUT2D eigenvalue weighted by atomic mass is 79.9. The number of alkyl halides is 3. The molecule has 1 heterocycles. The molecule has 4 nitrogen and oxygen atoms in total. The number of carbonyl (C=O) groups is 1. The Bertz CT molecular complexity index is 1080. The van der Waals surface area contributed by atoms with Crippen molar-refractivity contribution in [3.63, 3.8) is 0 Å². The molecule has 0 fully saturated rings. The van der Waals surface area contributed by atoms with Gasteiger partial charge in [0.25, 0.3) is 0 Å². The fourth-order valence-corrected chi connectivity index (χ4v) is 3.79. The van der Waals surface area contributed by atoms with Crippen LogP contribution in [0.4, 0.5) is 13.2 Å². The molecule has 1 aromatic heterocycles. The first-order valence-corrected chi connectivity index (χ1v) is 8.97. The molecule has 1 N–H and O–H groups in total. The summed E-state index contributed by atoms with van der Waals surface area (Å²) in [6, 6.07) is 5.14. The highest BCUT2D eigenvalue weighted by Crippen LogP contribution is 2.37. The second-order valence-corrected chi connectivity index (χ2v) is 7.48. The topological polar surface area (TPSA) is 55.1 Å². The lowest BCUT2D eigenvalue weighted by Gasteiger charge is -2.10. The number of halogens is 6. The van der Waals surface area contributed by atoms with Gasteiger partial charge in [-0.2, -0.15) is 13.2 Å². The van der Waals surface area contributed by atoms with Crippen molar-refractivity contribution in [2.24, 2.45) is 7.05 Å². The van der Waals surface area contributed by atoms with Gasteiger partial charge < -0.3 is 9.67 Å². The van der Waals surface area contributed by atoms with E-state index < -0.39 is 17.7 Å². The molecular weight excluding hydrogens is 472 g/mol. The highest BCUT2D eigenvalue weighted by molar-refractivity contribution is 9.10. The Labute approximate surface area is 169 Å². The van der Waals surface area contributed by atoms with E-state index in [4.69, 9.17) is 23.2 Å². The maximum absolute atomic E-state index is 13.4. The van der Waals surface area contributed by atoms with Crippen LogP contribution in [-0.4, -0.2) is 20.6 Å². The molecule has 0 radical (unpaired) electrons. The van der Waals surface area contributed by atoms with Crippen LogP contribution in [0.25, 0.3) is 11.0 Å². The number of fused-ring (bicyclic) bond motifs is 1. The molecule has 0 aliphatic heterocycles. The Morgan fingerprint density at radius 3 is 2.56 bits per heavy atom. The van der Waals surface area contributed by atoms with Crippen LogP contribution in [0.15, 0.2) is 28.7 Å². The van der Waals surface area contributed by atoms with Crippen LogP contribution in [0.2, 0.25) is 10.0 Å². The molecule has 2 aromatic carbocycles. The first kappa shape index (κ1) is 20.0. The van der Waals surface area contributed by atoms with E-state index in [1.54, 1.807) is 7.05 Å². The number of carboxylic acid groups (broad SMARTS) is 1. The Morgan fingerprint density at radius 1 is 1.30 bits per heavy atom. The highest BCUT2D eigenvalue weighted by Gasteiger charge is 2.35. The zero-order valence-corrected chi connectivity index (χ0v) is 16.6. The maximum Gasteiger partial charge on any atom is 0.418 e. The van der Waals surface area contributed by atoms with Crippen LogP contribution in [-0.2, 0) is 19.6 Å². The van der Waals surface area contributed by atoms with Crippen LogP contribution in [0.3, 0.4) is 0 Å². The molecule has 0 bridgehead atoms. The van der Waals surface area contributed by atoms with E-state index in [0.29, 0.717) is 0 Å². The minimum Gasteiger partial charge on any atom is -0.478 e. The summed E-state index contributed by atoms with van der Waals surface area (Å²) in [6.45, 7) is 0. The number of hydrogen-bond donors (Lipinski definition) is 1. The summed E-state index contributed by atoms with van der Waals surface area (Å²) in [5.74, 6) is -0.967. The molecule has 0 saturated heterocycles. The van der Waals surface area contributed by atoms with Crippen molar-refractivity contribution in [2.75, 3.05) is 0 Å². The van der Waals surface area contributed by atoms with Crippen molar-refractivity contribution in [1.82, 2.24) is 9.55 Å². The fourth-order valence-electron chi connectivity index (χ4n) is 2.76. The fraction of sp³-hybridized carbons (Fsp3) is 0.176. The monoisotopic (exact) mass is 480 g/mol. The molecule has 0 spiro atoms. The number of benzene rings is 2. The van der Waals surface area contributed by atoms with E-state index in [-0.39, 0.29) is 48.9 Å². The predicted molar refractivity (Wildman–Crippen MR) is 99.6 cm³/mol. The summed E-state index contributed by atoms with van der Waals surface area (Å²) < 4.78 is 41.8. The number of imidazole rings is 1. The number of aromatic carboxylic acids is 1. The molecule has 142 valence electrons. The van der Waals surface area contributed by atoms with Crippen molar-refractivity contribution in [3.05, 3.63) is 61.3 Å². The lowest BCUT2D eigenvalue weighted by atomic mass is 10.1. The number of carboxylic acids is 1. The Balaban J connectivity index is 2.19. The second kappa shape index (κ2) is 7.00. The summed E-state index contributed by atoms with van der Waals surface area (Å²) in [5.41, 5.74) is -0.666. The summed E-state index contributed by atoms with van der Waals surface area (Å²) in [5, 5.41) is 9.33. The average Bonchev–Trinajstić information content (AvgIpc) is 2.85. The molecule has 3 aromatic rings. The van der Waals surface area contributed by atoms with Crippen molar-refractivity contribution >= 4 is 56.1 Å². The van der Waals surface area contributed by atoms with Crippen LogP contribution in [0, 0.1) is 0 Å². The summed E-state index contributed by atoms with van der Waals surface area (Å²) >= 11 is 15.4. The minimum atomic E-state index is -4.58. The van der Waals surface area contributed by atoms with Gasteiger partial charge in [0.15, 0.2) is 0 Å². The number of aromatic nitrogens is 2. The van der Waals surface area contributed by atoms with Crippen molar-refractivity contribution in [1.29, 1.82) is 0 Å². The third-order valence-corrected chi connectivity index (χ3v) is 5.34. The molecule has 0 unspecified atom stereocenters. The van der Waals surface area contributed by atoms with Crippen molar-refractivity contribution in [3.8, 4) is 0 Å². The quantitative estimate of drug-likeness (QED) is 0.502. The molecule has 0 aliphatic rings. The van der Waals surface area contributed by atoms with Crippen LogP contribution in [0.5, 0.6) is 0 Å². The van der Waals surface area contributed by atoms with Crippen LogP contribution in [0.1, 0.15) is 27.3 Å². The minimum absolute atomic E-state index is 0.0289. The zero-order chi connectivity index (χ0) is 20.1.